The van der Waals surface area contributed by atoms with Crippen LogP contribution in [0.1, 0.15) is 18.9 Å². The van der Waals surface area contributed by atoms with Crippen LogP contribution in [0.25, 0.3) is 17.0 Å². The van der Waals surface area contributed by atoms with Gasteiger partial charge < -0.3 is 14.0 Å². The zero-order valence-corrected chi connectivity index (χ0v) is 13.5. The second kappa shape index (κ2) is 6.98. The van der Waals surface area contributed by atoms with Crippen LogP contribution in [0.5, 0.6) is 5.75 Å². The highest BCUT2D eigenvalue weighted by molar-refractivity contribution is 5.89. The summed E-state index contributed by atoms with van der Waals surface area (Å²) in [4.78, 5) is 12.6. The van der Waals surface area contributed by atoms with E-state index in [1.807, 2.05) is 24.3 Å². The fraction of sp³-hybridized carbons (Fsp3) is 0.389. The normalized spacial score (nSPS) is 18.1. The average molecular weight is 314 g/mol. The van der Waals surface area contributed by atoms with Crippen LogP contribution in [0, 0.1) is 0 Å². The Morgan fingerprint density at radius 1 is 1.43 bits per heavy atom. The van der Waals surface area contributed by atoms with Crippen LogP contribution < -0.4 is 15.6 Å². The molecule has 0 radical (unpaired) electrons. The summed E-state index contributed by atoms with van der Waals surface area (Å²) in [6.07, 6.45) is 4.87. The molecule has 2 aromatic rings. The second-order valence-corrected chi connectivity index (χ2v) is 5.56. The van der Waals surface area contributed by atoms with E-state index < -0.39 is 0 Å². The number of benzene rings is 1. The molecule has 23 heavy (non-hydrogen) atoms. The summed E-state index contributed by atoms with van der Waals surface area (Å²) in [6, 6.07) is 7.53. The number of rotatable bonds is 5. The van der Waals surface area contributed by atoms with E-state index in [2.05, 4.69) is 18.3 Å². The van der Waals surface area contributed by atoms with Crippen molar-refractivity contribution in [3.05, 3.63) is 46.3 Å². The molecule has 1 aromatic carbocycles. The molecule has 0 amide bonds. The molecular formula is C18H22N2O3. The molecule has 3 rings (SSSR count). The third kappa shape index (κ3) is 3.30. The van der Waals surface area contributed by atoms with Crippen LogP contribution in [0.4, 0.5) is 0 Å². The number of nitrogens with zero attached hydrogens (tertiary/aromatic N) is 1. The van der Waals surface area contributed by atoms with Crippen LogP contribution in [-0.2, 0) is 11.3 Å². The summed E-state index contributed by atoms with van der Waals surface area (Å²) < 4.78 is 12.7. The van der Waals surface area contributed by atoms with E-state index >= 15 is 0 Å². The maximum Gasteiger partial charge on any atom is 0.251 e. The molecule has 1 N–H and O–H groups in total. The highest BCUT2D eigenvalue weighted by Gasteiger charge is 2.17. The minimum Gasteiger partial charge on any atom is -0.497 e. The molecule has 1 aliphatic rings. The average Bonchev–Trinajstić information content (AvgIpc) is 3.08. The Bertz CT molecular complexity index is 774. The molecule has 5 heteroatoms. The van der Waals surface area contributed by atoms with Crippen LogP contribution in [-0.4, -0.2) is 31.1 Å². The van der Waals surface area contributed by atoms with Gasteiger partial charge in [-0.2, -0.15) is 0 Å². The van der Waals surface area contributed by atoms with Crippen molar-refractivity contribution in [2.45, 2.75) is 26.1 Å². The van der Waals surface area contributed by atoms with Gasteiger partial charge in [0.05, 0.1) is 25.8 Å². The summed E-state index contributed by atoms with van der Waals surface area (Å²) in [5.74, 6) is 0.738. The largest absolute Gasteiger partial charge is 0.497 e. The lowest BCUT2D eigenvalue weighted by molar-refractivity contribution is 0.0872. The molecule has 5 nitrogen and oxygen atoms in total. The summed E-state index contributed by atoms with van der Waals surface area (Å²) in [6.45, 7) is 4.06. The number of pyridine rings is 1. The van der Waals surface area contributed by atoms with Crippen molar-refractivity contribution in [3.63, 3.8) is 0 Å². The molecule has 0 saturated carbocycles. The highest BCUT2D eigenvalue weighted by Crippen LogP contribution is 2.24. The molecule has 0 spiro atoms. The van der Waals surface area contributed by atoms with Crippen molar-refractivity contribution in [1.29, 1.82) is 0 Å². The number of ether oxygens (including phenoxy) is 2. The molecular weight excluding hydrogens is 292 g/mol. The number of aromatic nitrogens is 1. The van der Waals surface area contributed by atoms with Crippen molar-refractivity contribution >= 4 is 17.0 Å². The zero-order valence-electron chi connectivity index (χ0n) is 13.5. The van der Waals surface area contributed by atoms with Gasteiger partial charge in [0.1, 0.15) is 12.0 Å². The Hall–Kier alpha value is -2.11. The Labute approximate surface area is 135 Å². The predicted octanol–water partition coefficient (Wildman–Crippen LogP) is 2.38. The van der Waals surface area contributed by atoms with E-state index in [-0.39, 0.29) is 11.8 Å². The van der Waals surface area contributed by atoms with Crippen LogP contribution >= 0.6 is 0 Å². The quantitative estimate of drug-likeness (QED) is 0.920. The van der Waals surface area contributed by atoms with E-state index in [0.29, 0.717) is 13.2 Å². The first-order chi connectivity index (χ1) is 11.2. The van der Waals surface area contributed by atoms with Gasteiger partial charge >= 0.3 is 0 Å². The van der Waals surface area contributed by atoms with E-state index in [0.717, 1.165) is 35.2 Å². The standard InChI is InChI=1S/C18H22N2O3/c1-3-4-5-13-10-18(21)20(12-17-19-8-9-23-17)16-11-14(22-2)6-7-15(13)16/h4-7,10-11,17,19H,3,8-9,12H2,1-2H3/b5-4+. The van der Waals surface area contributed by atoms with E-state index in [1.54, 1.807) is 17.7 Å². The number of fused-ring (bicyclic) bond motifs is 1. The molecule has 1 aromatic heterocycles. The Morgan fingerprint density at radius 2 is 2.30 bits per heavy atom. The molecule has 0 aliphatic carbocycles. The zero-order chi connectivity index (χ0) is 16.2. The minimum atomic E-state index is -0.126. The smallest absolute Gasteiger partial charge is 0.251 e. The Morgan fingerprint density at radius 3 is 3.00 bits per heavy atom. The van der Waals surface area contributed by atoms with Gasteiger partial charge in [-0.15, -0.1) is 0 Å². The number of allylic oxidation sites excluding steroid dienone is 1. The van der Waals surface area contributed by atoms with Crippen molar-refractivity contribution in [1.82, 2.24) is 9.88 Å². The Balaban J connectivity index is 2.15. The number of hydrogen-bond donors (Lipinski definition) is 1. The van der Waals surface area contributed by atoms with Crippen molar-refractivity contribution < 1.29 is 9.47 Å². The first-order valence-electron chi connectivity index (χ1n) is 7.96. The van der Waals surface area contributed by atoms with Crippen LogP contribution in [0.3, 0.4) is 0 Å². The first-order valence-corrected chi connectivity index (χ1v) is 7.96. The topological polar surface area (TPSA) is 52.5 Å². The number of methoxy groups -OCH3 is 1. The summed E-state index contributed by atoms with van der Waals surface area (Å²) in [5, 5.41) is 4.28. The lowest BCUT2D eigenvalue weighted by atomic mass is 10.1. The maximum absolute atomic E-state index is 12.6. The number of hydrogen-bond acceptors (Lipinski definition) is 4. The fourth-order valence-corrected chi connectivity index (χ4v) is 2.85. The van der Waals surface area contributed by atoms with Gasteiger partial charge in [-0.1, -0.05) is 19.1 Å². The second-order valence-electron chi connectivity index (χ2n) is 5.56. The van der Waals surface area contributed by atoms with Gasteiger partial charge in [-0.25, -0.2) is 0 Å². The monoisotopic (exact) mass is 314 g/mol. The van der Waals surface area contributed by atoms with Crippen molar-refractivity contribution in [3.8, 4) is 5.75 Å². The van der Waals surface area contributed by atoms with E-state index in [1.165, 1.54) is 0 Å². The van der Waals surface area contributed by atoms with Gasteiger partial charge in [-0.05, 0) is 24.1 Å². The molecule has 1 fully saturated rings. The van der Waals surface area contributed by atoms with Crippen molar-refractivity contribution in [2.24, 2.45) is 0 Å². The lowest BCUT2D eigenvalue weighted by Crippen LogP contribution is -2.33. The van der Waals surface area contributed by atoms with E-state index in [9.17, 15) is 4.79 Å². The molecule has 122 valence electrons. The van der Waals surface area contributed by atoms with Crippen molar-refractivity contribution in [2.75, 3.05) is 20.3 Å². The summed E-state index contributed by atoms with van der Waals surface area (Å²) in [7, 11) is 1.63. The number of nitrogens with one attached hydrogen (secondary N) is 1. The minimum absolute atomic E-state index is 0.0289. The Kier molecular flexibility index (Phi) is 4.79. The molecule has 0 bridgehead atoms. The lowest BCUT2D eigenvalue weighted by Gasteiger charge is -2.16. The molecule has 1 saturated heterocycles. The summed E-state index contributed by atoms with van der Waals surface area (Å²) >= 11 is 0. The maximum atomic E-state index is 12.6. The molecule has 2 heterocycles. The van der Waals surface area contributed by atoms with Gasteiger partial charge in [0, 0.05) is 24.1 Å². The predicted molar refractivity (Wildman–Crippen MR) is 91.8 cm³/mol. The highest BCUT2D eigenvalue weighted by atomic mass is 16.5. The van der Waals surface area contributed by atoms with Crippen LogP contribution in [0.15, 0.2) is 35.1 Å². The SMILES string of the molecule is CC/C=C/c1cc(=O)n(CC2NCCO2)c2cc(OC)ccc12. The van der Waals surface area contributed by atoms with Gasteiger partial charge in [0.15, 0.2) is 0 Å². The van der Waals surface area contributed by atoms with E-state index in [4.69, 9.17) is 9.47 Å². The summed E-state index contributed by atoms with van der Waals surface area (Å²) in [5.41, 5.74) is 1.77. The first kappa shape index (κ1) is 15.8. The molecule has 1 atom stereocenters. The molecule has 1 unspecified atom stereocenters. The van der Waals surface area contributed by atoms with Gasteiger partial charge in [0.2, 0.25) is 0 Å². The van der Waals surface area contributed by atoms with Gasteiger partial charge in [-0.3, -0.25) is 10.1 Å². The van der Waals surface area contributed by atoms with Gasteiger partial charge in [0.25, 0.3) is 5.56 Å². The fourth-order valence-electron chi connectivity index (χ4n) is 2.85. The third-order valence-electron chi connectivity index (χ3n) is 4.03. The molecule has 1 aliphatic heterocycles. The van der Waals surface area contributed by atoms with Crippen LogP contribution in [0.2, 0.25) is 0 Å². The third-order valence-corrected chi connectivity index (χ3v) is 4.03.